The summed E-state index contributed by atoms with van der Waals surface area (Å²) in [5.41, 5.74) is 0. The monoisotopic (exact) mass is 390 g/mol. The molecule has 0 aromatic carbocycles. The van der Waals surface area contributed by atoms with Crippen molar-refractivity contribution in [1.82, 2.24) is 9.80 Å². The average Bonchev–Trinajstić information content (AvgIpc) is 2.57. The topological polar surface area (TPSA) is 145 Å². The summed E-state index contributed by atoms with van der Waals surface area (Å²) in [6, 6.07) is 0. The fourth-order valence-electron chi connectivity index (χ4n) is 2.16. The van der Waals surface area contributed by atoms with Crippen molar-refractivity contribution in [2.75, 3.05) is 45.9 Å². The highest BCUT2D eigenvalue weighted by Crippen LogP contribution is 2.01. The highest BCUT2D eigenvalue weighted by atomic mass is 16.5. The molecule has 156 valence electrons. The van der Waals surface area contributed by atoms with E-state index in [1.54, 1.807) is 23.6 Å². The molecule has 27 heavy (non-hydrogen) atoms. The Labute approximate surface area is 158 Å². The highest BCUT2D eigenvalue weighted by molar-refractivity contribution is 5.71. The van der Waals surface area contributed by atoms with E-state index in [0.29, 0.717) is 19.6 Å². The molecule has 0 amide bonds. The Hall–Kier alpha value is -2.20. The molecule has 0 aliphatic heterocycles. The van der Waals surface area contributed by atoms with E-state index in [1.807, 2.05) is 0 Å². The number of aliphatic carboxylic acids is 3. The van der Waals surface area contributed by atoms with Crippen LogP contribution in [-0.2, 0) is 23.9 Å². The quantitative estimate of drug-likeness (QED) is 0.313. The zero-order valence-corrected chi connectivity index (χ0v) is 15.9. The van der Waals surface area contributed by atoms with Crippen molar-refractivity contribution in [2.24, 2.45) is 5.92 Å². The number of carbonyl (C=O) groups excluding carboxylic acids is 1. The third kappa shape index (κ3) is 14.6. The van der Waals surface area contributed by atoms with E-state index in [1.165, 1.54) is 0 Å². The summed E-state index contributed by atoms with van der Waals surface area (Å²) < 4.78 is 5.11. The lowest BCUT2D eigenvalue weighted by Crippen LogP contribution is -2.39. The van der Waals surface area contributed by atoms with E-state index in [-0.39, 0.29) is 57.4 Å². The van der Waals surface area contributed by atoms with E-state index in [9.17, 15) is 19.2 Å². The molecule has 0 spiro atoms. The number of ether oxygens (including phenoxy) is 1. The molecule has 3 N–H and O–H groups in total. The first-order valence-electron chi connectivity index (χ1n) is 8.88. The van der Waals surface area contributed by atoms with Crippen molar-refractivity contribution < 1.29 is 39.2 Å². The fourth-order valence-corrected chi connectivity index (χ4v) is 2.16. The van der Waals surface area contributed by atoms with Crippen LogP contribution in [0.5, 0.6) is 0 Å². The van der Waals surface area contributed by atoms with Gasteiger partial charge in [0.25, 0.3) is 0 Å². The molecule has 0 aliphatic carbocycles. The van der Waals surface area contributed by atoms with Gasteiger partial charge in [-0.2, -0.15) is 0 Å². The molecule has 0 aliphatic rings. The number of carbonyl (C=O) groups is 4. The molecule has 0 aromatic rings. The Morgan fingerprint density at radius 1 is 0.704 bits per heavy atom. The minimum absolute atomic E-state index is 0.0810. The minimum Gasteiger partial charge on any atom is -0.481 e. The zero-order chi connectivity index (χ0) is 20.8. The summed E-state index contributed by atoms with van der Waals surface area (Å²) in [5, 5.41) is 26.5. The van der Waals surface area contributed by atoms with Crippen molar-refractivity contribution >= 4 is 23.9 Å². The van der Waals surface area contributed by atoms with Gasteiger partial charge in [0.05, 0.1) is 25.2 Å². The molecule has 10 heteroatoms. The molecule has 0 saturated heterocycles. The van der Waals surface area contributed by atoms with Gasteiger partial charge in [-0.05, 0) is 0 Å². The Balaban J connectivity index is 4.61. The zero-order valence-electron chi connectivity index (χ0n) is 15.9. The van der Waals surface area contributed by atoms with Gasteiger partial charge in [0.15, 0.2) is 0 Å². The van der Waals surface area contributed by atoms with E-state index in [0.717, 1.165) is 0 Å². The molecule has 0 fully saturated rings. The van der Waals surface area contributed by atoms with Crippen LogP contribution in [-0.4, -0.2) is 94.9 Å². The van der Waals surface area contributed by atoms with Crippen LogP contribution in [0.4, 0.5) is 0 Å². The van der Waals surface area contributed by atoms with Gasteiger partial charge in [0, 0.05) is 39.3 Å². The molecular weight excluding hydrogens is 360 g/mol. The van der Waals surface area contributed by atoms with Crippen LogP contribution in [0.25, 0.3) is 0 Å². The number of carboxylic acids is 3. The molecule has 0 rings (SSSR count). The highest BCUT2D eigenvalue weighted by Gasteiger charge is 2.14. The minimum atomic E-state index is -0.973. The van der Waals surface area contributed by atoms with Gasteiger partial charge in [0.2, 0.25) is 0 Å². The smallest absolute Gasteiger partial charge is 0.308 e. The first kappa shape index (κ1) is 24.8. The average molecular weight is 390 g/mol. The molecule has 0 radical (unpaired) electrons. The Bertz CT molecular complexity index is 477. The number of hydrogen-bond donors (Lipinski definition) is 3. The van der Waals surface area contributed by atoms with Gasteiger partial charge < -0.3 is 25.0 Å². The molecule has 0 heterocycles. The lowest BCUT2D eigenvalue weighted by Gasteiger charge is -2.27. The number of rotatable bonds is 16. The number of nitrogens with zero attached hydrogens (tertiary/aromatic N) is 2. The van der Waals surface area contributed by atoms with Gasteiger partial charge in [-0.15, -0.1) is 0 Å². The lowest BCUT2D eigenvalue weighted by molar-refractivity contribution is -0.148. The molecule has 0 atom stereocenters. The number of carboxylic acid groups (broad SMARTS) is 3. The van der Waals surface area contributed by atoms with Crippen molar-refractivity contribution in [3.8, 4) is 0 Å². The third-order valence-electron chi connectivity index (χ3n) is 3.78. The standard InChI is InChI=1S/C17H30N2O8/c1-13(2)17(26)27-12-11-19(8-5-16(24)25)10-9-18(6-3-14(20)21)7-4-15(22)23/h13H,3-12H2,1-2H3,(H,20,21)(H,22,23)(H,24,25). The Kier molecular flexibility index (Phi) is 12.8. The van der Waals surface area contributed by atoms with Gasteiger partial charge in [-0.1, -0.05) is 13.8 Å². The van der Waals surface area contributed by atoms with Crippen LogP contribution < -0.4 is 0 Å². The second-order valence-electron chi connectivity index (χ2n) is 6.44. The molecular formula is C17H30N2O8. The second kappa shape index (κ2) is 13.9. The molecule has 0 saturated carbocycles. The van der Waals surface area contributed by atoms with Crippen LogP contribution in [0.15, 0.2) is 0 Å². The summed E-state index contributed by atoms with van der Waals surface area (Å²) in [6.07, 6.45) is -0.302. The normalized spacial score (nSPS) is 11.1. The molecule has 10 nitrogen and oxygen atoms in total. The van der Waals surface area contributed by atoms with Crippen molar-refractivity contribution in [3.05, 3.63) is 0 Å². The van der Waals surface area contributed by atoms with Crippen LogP contribution in [0.1, 0.15) is 33.1 Å². The predicted molar refractivity (Wildman–Crippen MR) is 95.4 cm³/mol. The van der Waals surface area contributed by atoms with Gasteiger partial charge in [-0.3, -0.25) is 24.1 Å². The van der Waals surface area contributed by atoms with E-state index in [2.05, 4.69) is 0 Å². The van der Waals surface area contributed by atoms with Crippen molar-refractivity contribution in [1.29, 1.82) is 0 Å². The largest absolute Gasteiger partial charge is 0.481 e. The molecule has 0 bridgehead atoms. The number of hydrogen-bond acceptors (Lipinski definition) is 7. The first-order chi connectivity index (χ1) is 12.6. The van der Waals surface area contributed by atoms with Crippen LogP contribution in [0.2, 0.25) is 0 Å². The SMILES string of the molecule is CC(C)C(=O)OCCN(CCC(=O)O)CCN(CCC(=O)O)CCC(=O)O. The third-order valence-corrected chi connectivity index (χ3v) is 3.78. The summed E-state index contributed by atoms with van der Waals surface area (Å²) in [6.45, 7) is 5.36. The summed E-state index contributed by atoms with van der Waals surface area (Å²) >= 11 is 0. The van der Waals surface area contributed by atoms with Crippen LogP contribution in [0, 0.1) is 5.92 Å². The van der Waals surface area contributed by atoms with E-state index >= 15 is 0 Å². The lowest BCUT2D eigenvalue weighted by atomic mass is 10.2. The Morgan fingerprint density at radius 2 is 1.07 bits per heavy atom. The van der Waals surface area contributed by atoms with E-state index in [4.69, 9.17) is 20.1 Å². The maximum absolute atomic E-state index is 11.5. The van der Waals surface area contributed by atoms with Crippen molar-refractivity contribution in [3.63, 3.8) is 0 Å². The fraction of sp³-hybridized carbons (Fsp3) is 0.765. The van der Waals surface area contributed by atoms with Gasteiger partial charge in [-0.25, -0.2) is 0 Å². The molecule has 0 aromatic heterocycles. The molecule has 0 unspecified atom stereocenters. The van der Waals surface area contributed by atoms with Crippen molar-refractivity contribution in [2.45, 2.75) is 33.1 Å². The summed E-state index contributed by atoms with van der Waals surface area (Å²) in [5.74, 6) is -3.48. The maximum Gasteiger partial charge on any atom is 0.308 e. The first-order valence-corrected chi connectivity index (χ1v) is 8.88. The summed E-state index contributed by atoms with van der Waals surface area (Å²) in [7, 11) is 0. The second-order valence-corrected chi connectivity index (χ2v) is 6.44. The maximum atomic E-state index is 11.5. The van der Waals surface area contributed by atoms with Crippen LogP contribution in [0.3, 0.4) is 0 Å². The van der Waals surface area contributed by atoms with Gasteiger partial charge in [0.1, 0.15) is 6.61 Å². The van der Waals surface area contributed by atoms with Crippen LogP contribution >= 0.6 is 0 Å². The summed E-state index contributed by atoms with van der Waals surface area (Å²) in [4.78, 5) is 47.3. The Morgan fingerprint density at radius 3 is 1.41 bits per heavy atom. The number of esters is 1. The predicted octanol–water partition coefficient (Wildman–Crippen LogP) is 0.214. The van der Waals surface area contributed by atoms with Gasteiger partial charge >= 0.3 is 23.9 Å². The van der Waals surface area contributed by atoms with E-state index < -0.39 is 17.9 Å².